The van der Waals surface area contributed by atoms with Gasteiger partial charge in [-0.15, -0.1) is 0 Å². The van der Waals surface area contributed by atoms with Crippen LogP contribution < -0.4 is 0 Å². The number of aliphatic hydroxyl groups is 1. The van der Waals surface area contributed by atoms with Gasteiger partial charge in [0.25, 0.3) is 0 Å². The zero-order valence-electron chi connectivity index (χ0n) is 13.9. The van der Waals surface area contributed by atoms with E-state index in [1.54, 1.807) is 0 Å². The van der Waals surface area contributed by atoms with Gasteiger partial charge in [0.1, 0.15) is 0 Å². The zero-order valence-corrected chi connectivity index (χ0v) is 13.9. The number of rotatable bonds is 6. The third-order valence-corrected chi connectivity index (χ3v) is 5.18. The average Bonchev–Trinajstić information content (AvgIpc) is 2.63. The largest absolute Gasteiger partial charge is 0.385 e. The Morgan fingerprint density at radius 3 is 2.67 bits per heavy atom. The van der Waals surface area contributed by atoms with E-state index in [2.05, 4.69) is 49.9 Å². The lowest BCUT2D eigenvalue weighted by molar-refractivity contribution is 0.0137. The summed E-state index contributed by atoms with van der Waals surface area (Å²) in [5.74, 6) is 0.568. The molecule has 0 fully saturated rings. The fourth-order valence-electron chi connectivity index (χ4n) is 3.74. The molecule has 0 amide bonds. The predicted molar refractivity (Wildman–Crippen MR) is 89.6 cm³/mol. The van der Waals surface area contributed by atoms with E-state index in [1.165, 1.54) is 17.5 Å². The van der Waals surface area contributed by atoms with Crippen molar-refractivity contribution in [1.29, 1.82) is 0 Å². The molecule has 1 aromatic carbocycles. The van der Waals surface area contributed by atoms with E-state index in [0.29, 0.717) is 5.92 Å². The summed E-state index contributed by atoms with van der Waals surface area (Å²) in [6.07, 6.45) is 5.17. The molecule has 0 heterocycles. The van der Waals surface area contributed by atoms with Crippen molar-refractivity contribution in [2.24, 2.45) is 0 Å². The van der Waals surface area contributed by atoms with Crippen LogP contribution in [0.5, 0.6) is 0 Å². The summed E-state index contributed by atoms with van der Waals surface area (Å²) in [5, 5.41) is 11.3. The minimum atomic E-state index is -0.617. The molecule has 1 N–H and O–H groups in total. The summed E-state index contributed by atoms with van der Waals surface area (Å²) in [6.45, 7) is 10.0. The standard InChI is InChI=1S/C19H31NO/c1-4-20(5-2)15-9-14-19(21)13-8-10-16(3)17-11-6-7-12-18(17)19/h6-7,11-12,16,21H,4-5,8-10,13-15H2,1-3H3. The normalized spacial score (nSPS) is 25.7. The molecular formula is C19H31NO. The van der Waals surface area contributed by atoms with Crippen LogP contribution in [0.25, 0.3) is 0 Å². The van der Waals surface area contributed by atoms with Gasteiger partial charge in [-0.3, -0.25) is 0 Å². The maximum absolute atomic E-state index is 11.3. The fraction of sp³-hybridized carbons (Fsp3) is 0.684. The third kappa shape index (κ3) is 3.87. The van der Waals surface area contributed by atoms with E-state index < -0.39 is 5.60 Å². The Bertz CT molecular complexity index is 441. The van der Waals surface area contributed by atoms with Crippen LogP contribution >= 0.6 is 0 Å². The van der Waals surface area contributed by atoms with Crippen LogP contribution in [0.2, 0.25) is 0 Å². The number of hydrogen-bond donors (Lipinski definition) is 1. The van der Waals surface area contributed by atoms with Gasteiger partial charge in [-0.25, -0.2) is 0 Å². The molecule has 21 heavy (non-hydrogen) atoms. The second kappa shape index (κ2) is 7.42. The first-order valence-corrected chi connectivity index (χ1v) is 8.65. The van der Waals surface area contributed by atoms with Gasteiger partial charge in [0.2, 0.25) is 0 Å². The van der Waals surface area contributed by atoms with E-state index in [0.717, 1.165) is 45.3 Å². The van der Waals surface area contributed by atoms with Crippen LogP contribution in [-0.2, 0) is 5.60 Å². The average molecular weight is 289 g/mol. The van der Waals surface area contributed by atoms with E-state index in [-0.39, 0.29) is 0 Å². The first-order chi connectivity index (χ1) is 10.1. The van der Waals surface area contributed by atoms with Gasteiger partial charge in [0, 0.05) is 0 Å². The van der Waals surface area contributed by atoms with E-state index in [4.69, 9.17) is 0 Å². The minimum Gasteiger partial charge on any atom is -0.385 e. The minimum absolute atomic E-state index is 0.568. The van der Waals surface area contributed by atoms with Crippen LogP contribution in [0.4, 0.5) is 0 Å². The molecule has 2 nitrogen and oxygen atoms in total. The lowest BCUT2D eigenvalue weighted by Crippen LogP contribution is -2.29. The van der Waals surface area contributed by atoms with Crippen molar-refractivity contribution in [3.05, 3.63) is 35.4 Å². The quantitative estimate of drug-likeness (QED) is 0.790. The summed E-state index contributed by atoms with van der Waals surface area (Å²) in [4.78, 5) is 2.44. The molecule has 2 atom stereocenters. The van der Waals surface area contributed by atoms with Crippen LogP contribution in [0.1, 0.15) is 69.9 Å². The molecule has 0 spiro atoms. The highest BCUT2D eigenvalue weighted by Gasteiger charge is 2.34. The molecular weight excluding hydrogens is 258 g/mol. The van der Waals surface area contributed by atoms with Gasteiger partial charge in [0.05, 0.1) is 5.60 Å². The van der Waals surface area contributed by atoms with Crippen molar-refractivity contribution >= 4 is 0 Å². The van der Waals surface area contributed by atoms with E-state index in [9.17, 15) is 5.11 Å². The van der Waals surface area contributed by atoms with Gasteiger partial charge in [-0.1, -0.05) is 45.0 Å². The SMILES string of the molecule is CCN(CC)CCCC1(O)CCCC(C)c2ccccc21. The van der Waals surface area contributed by atoms with Crippen molar-refractivity contribution in [2.75, 3.05) is 19.6 Å². The molecule has 1 aliphatic rings. The molecule has 0 aliphatic heterocycles. The molecule has 2 heteroatoms. The Balaban J connectivity index is 2.11. The number of benzene rings is 1. The third-order valence-electron chi connectivity index (χ3n) is 5.18. The van der Waals surface area contributed by atoms with E-state index >= 15 is 0 Å². The molecule has 0 saturated heterocycles. The Morgan fingerprint density at radius 2 is 1.95 bits per heavy atom. The van der Waals surface area contributed by atoms with Crippen molar-refractivity contribution in [3.8, 4) is 0 Å². The maximum atomic E-state index is 11.3. The van der Waals surface area contributed by atoms with Gasteiger partial charge in [-0.05, 0) is 68.8 Å². The number of hydrogen-bond acceptors (Lipinski definition) is 2. The molecule has 2 rings (SSSR count). The Morgan fingerprint density at radius 1 is 1.24 bits per heavy atom. The summed E-state index contributed by atoms with van der Waals surface area (Å²) in [7, 11) is 0. The molecule has 0 bridgehead atoms. The maximum Gasteiger partial charge on any atom is 0.0899 e. The summed E-state index contributed by atoms with van der Waals surface area (Å²) in [6, 6.07) is 8.54. The fourth-order valence-corrected chi connectivity index (χ4v) is 3.74. The molecule has 0 saturated carbocycles. The van der Waals surface area contributed by atoms with Crippen LogP contribution in [0.15, 0.2) is 24.3 Å². The highest BCUT2D eigenvalue weighted by atomic mass is 16.3. The molecule has 2 unspecified atom stereocenters. The van der Waals surface area contributed by atoms with Crippen LogP contribution in [0.3, 0.4) is 0 Å². The second-order valence-electron chi connectivity index (χ2n) is 6.54. The zero-order chi connectivity index (χ0) is 15.3. The number of nitrogens with zero attached hydrogens (tertiary/aromatic N) is 1. The van der Waals surface area contributed by atoms with Crippen molar-refractivity contribution in [3.63, 3.8) is 0 Å². The summed E-state index contributed by atoms with van der Waals surface area (Å²) >= 11 is 0. The monoisotopic (exact) mass is 289 g/mol. The first-order valence-electron chi connectivity index (χ1n) is 8.65. The van der Waals surface area contributed by atoms with E-state index in [1.807, 2.05) is 0 Å². The highest BCUT2D eigenvalue weighted by molar-refractivity contribution is 5.36. The molecule has 1 aromatic rings. The molecule has 0 aromatic heterocycles. The molecule has 0 radical (unpaired) electrons. The number of fused-ring (bicyclic) bond motifs is 1. The van der Waals surface area contributed by atoms with Crippen molar-refractivity contribution < 1.29 is 5.11 Å². The predicted octanol–water partition coefficient (Wildman–Crippen LogP) is 4.28. The summed E-state index contributed by atoms with van der Waals surface area (Å²) < 4.78 is 0. The Kier molecular flexibility index (Phi) is 5.83. The Hall–Kier alpha value is -0.860. The Labute approximate surface area is 130 Å². The van der Waals surface area contributed by atoms with Crippen LogP contribution in [0, 0.1) is 0 Å². The molecule has 118 valence electrons. The van der Waals surface area contributed by atoms with Gasteiger partial charge < -0.3 is 10.0 Å². The van der Waals surface area contributed by atoms with Crippen molar-refractivity contribution in [1.82, 2.24) is 4.90 Å². The molecule has 1 aliphatic carbocycles. The first kappa shape index (κ1) is 16.5. The summed E-state index contributed by atoms with van der Waals surface area (Å²) in [5.41, 5.74) is 1.93. The second-order valence-corrected chi connectivity index (χ2v) is 6.54. The van der Waals surface area contributed by atoms with Gasteiger partial charge in [-0.2, -0.15) is 0 Å². The van der Waals surface area contributed by atoms with Gasteiger partial charge >= 0.3 is 0 Å². The van der Waals surface area contributed by atoms with Gasteiger partial charge in [0.15, 0.2) is 0 Å². The lowest BCUT2D eigenvalue weighted by atomic mass is 9.83. The van der Waals surface area contributed by atoms with Crippen LogP contribution in [-0.4, -0.2) is 29.6 Å². The topological polar surface area (TPSA) is 23.5 Å². The van der Waals surface area contributed by atoms with Crippen molar-refractivity contribution in [2.45, 2.75) is 64.4 Å². The smallest absolute Gasteiger partial charge is 0.0899 e. The highest BCUT2D eigenvalue weighted by Crippen LogP contribution is 2.41. The lowest BCUT2D eigenvalue weighted by Gasteiger charge is -2.30.